The van der Waals surface area contributed by atoms with Crippen LogP contribution in [0, 0.1) is 0 Å². The van der Waals surface area contributed by atoms with E-state index < -0.39 is 30.0 Å². The molecule has 0 radical (unpaired) electrons. The number of aliphatic carboxylic acids is 1. The van der Waals surface area contributed by atoms with Crippen molar-refractivity contribution in [3.05, 3.63) is 71.8 Å². The van der Waals surface area contributed by atoms with E-state index in [1.807, 2.05) is 60.7 Å². The van der Waals surface area contributed by atoms with Gasteiger partial charge in [0.05, 0.1) is 6.04 Å². The van der Waals surface area contributed by atoms with Gasteiger partial charge >= 0.3 is 5.97 Å². The summed E-state index contributed by atoms with van der Waals surface area (Å²) < 4.78 is 0. The molecule has 4 atom stereocenters. The number of carboxylic acids is 1. The molecule has 2 saturated heterocycles. The van der Waals surface area contributed by atoms with Crippen LogP contribution in [0.4, 0.5) is 0 Å². The van der Waals surface area contributed by atoms with Crippen molar-refractivity contribution >= 4 is 23.7 Å². The molecular formula is C29H36N4O5. The van der Waals surface area contributed by atoms with Gasteiger partial charge < -0.3 is 26.0 Å². The van der Waals surface area contributed by atoms with Gasteiger partial charge in [-0.3, -0.25) is 14.4 Å². The first-order valence-electron chi connectivity index (χ1n) is 13.3. The summed E-state index contributed by atoms with van der Waals surface area (Å²) in [6.45, 7) is 1.34. The SMILES string of the molecule is O=C(CC(Cc1ccccc1)NC(=O)C1CCCN1C(=O)C1CCCN1)NC(Cc1ccccc1)C(=O)O. The van der Waals surface area contributed by atoms with Crippen LogP contribution >= 0.6 is 0 Å². The Hall–Kier alpha value is -3.72. The molecule has 0 aliphatic carbocycles. The van der Waals surface area contributed by atoms with Crippen LogP contribution in [0.3, 0.4) is 0 Å². The monoisotopic (exact) mass is 520 g/mol. The fourth-order valence-electron chi connectivity index (χ4n) is 5.30. The lowest BCUT2D eigenvalue weighted by Gasteiger charge is -2.28. The topological polar surface area (TPSA) is 128 Å². The lowest BCUT2D eigenvalue weighted by atomic mass is 10.0. The Morgan fingerprint density at radius 1 is 0.895 bits per heavy atom. The fourth-order valence-corrected chi connectivity index (χ4v) is 5.30. The Balaban J connectivity index is 1.42. The summed E-state index contributed by atoms with van der Waals surface area (Å²) in [5, 5.41) is 18.5. The van der Waals surface area contributed by atoms with Crippen LogP contribution in [-0.2, 0) is 32.0 Å². The van der Waals surface area contributed by atoms with Gasteiger partial charge in [0.2, 0.25) is 17.7 Å². The summed E-state index contributed by atoms with van der Waals surface area (Å²) in [5.41, 5.74) is 1.75. The standard InChI is InChI=1S/C29H36N4O5/c34-26(32-24(29(37)38)18-21-11-5-2-6-12-21)19-22(17-20-9-3-1-4-10-20)31-27(35)25-14-8-16-33(25)28(36)23-13-7-15-30-23/h1-6,9-12,22-25,30H,7-8,13-19H2,(H,31,35)(H,32,34)(H,37,38). The highest BCUT2D eigenvalue weighted by molar-refractivity contribution is 5.91. The van der Waals surface area contributed by atoms with Crippen LogP contribution in [0.2, 0.25) is 0 Å². The zero-order valence-electron chi connectivity index (χ0n) is 21.5. The molecule has 2 aliphatic rings. The Bertz CT molecular complexity index is 1100. The average Bonchev–Trinajstić information content (AvgIpc) is 3.62. The zero-order chi connectivity index (χ0) is 26.9. The Morgan fingerprint density at radius 3 is 2.16 bits per heavy atom. The van der Waals surface area contributed by atoms with Crippen molar-refractivity contribution in [2.45, 2.75) is 69.1 Å². The molecular weight excluding hydrogens is 484 g/mol. The lowest BCUT2D eigenvalue weighted by molar-refractivity contribution is -0.142. The van der Waals surface area contributed by atoms with E-state index in [2.05, 4.69) is 16.0 Å². The normalized spacial score (nSPS) is 20.5. The maximum absolute atomic E-state index is 13.4. The van der Waals surface area contributed by atoms with Gasteiger partial charge in [0.15, 0.2) is 0 Å². The highest BCUT2D eigenvalue weighted by Crippen LogP contribution is 2.21. The van der Waals surface area contributed by atoms with Gasteiger partial charge in [0, 0.05) is 25.4 Å². The van der Waals surface area contributed by atoms with E-state index >= 15 is 0 Å². The number of likely N-dealkylation sites (tertiary alicyclic amines) is 1. The molecule has 0 bridgehead atoms. The summed E-state index contributed by atoms with van der Waals surface area (Å²) in [6.07, 6.45) is 3.52. The van der Waals surface area contributed by atoms with Gasteiger partial charge in [-0.25, -0.2) is 4.79 Å². The quantitative estimate of drug-likeness (QED) is 0.357. The van der Waals surface area contributed by atoms with Crippen molar-refractivity contribution in [1.82, 2.24) is 20.9 Å². The largest absolute Gasteiger partial charge is 0.480 e. The van der Waals surface area contributed by atoms with Crippen LogP contribution in [0.25, 0.3) is 0 Å². The van der Waals surface area contributed by atoms with Gasteiger partial charge in [-0.1, -0.05) is 60.7 Å². The van der Waals surface area contributed by atoms with Crippen LogP contribution in [0.15, 0.2) is 60.7 Å². The second-order valence-electron chi connectivity index (χ2n) is 10.1. The molecule has 38 heavy (non-hydrogen) atoms. The molecule has 0 aromatic heterocycles. The molecule has 9 nitrogen and oxygen atoms in total. The first kappa shape index (κ1) is 27.3. The molecule has 2 aromatic carbocycles. The summed E-state index contributed by atoms with van der Waals surface area (Å²) in [6, 6.07) is 16.2. The molecule has 2 heterocycles. The number of nitrogens with zero attached hydrogens (tertiary/aromatic N) is 1. The number of benzene rings is 2. The van der Waals surface area contributed by atoms with E-state index in [4.69, 9.17) is 0 Å². The van der Waals surface area contributed by atoms with Crippen LogP contribution in [0.1, 0.15) is 43.2 Å². The van der Waals surface area contributed by atoms with Crippen molar-refractivity contribution in [2.24, 2.45) is 0 Å². The van der Waals surface area contributed by atoms with Crippen molar-refractivity contribution in [1.29, 1.82) is 0 Å². The van der Waals surface area contributed by atoms with E-state index in [9.17, 15) is 24.3 Å². The van der Waals surface area contributed by atoms with E-state index in [0.29, 0.717) is 19.4 Å². The number of rotatable bonds is 11. The Kier molecular flexibility index (Phi) is 9.48. The molecule has 2 aromatic rings. The summed E-state index contributed by atoms with van der Waals surface area (Å²) in [7, 11) is 0. The average molecular weight is 521 g/mol. The van der Waals surface area contributed by atoms with Gasteiger partial charge in [-0.2, -0.15) is 0 Å². The molecule has 2 fully saturated rings. The van der Waals surface area contributed by atoms with Crippen LogP contribution in [-0.4, -0.2) is 71.0 Å². The van der Waals surface area contributed by atoms with Gasteiger partial charge in [0.1, 0.15) is 12.1 Å². The number of hydrogen-bond acceptors (Lipinski definition) is 5. The maximum Gasteiger partial charge on any atom is 0.326 e. The first-order chi connectivity index (χ1) is 18.4. The molecule has 202 valence electrons. The Morgan fingerprint density at radius 2 is 1.55 bits per heavy atom. The summed E-state index contributed by atoms with van der Waals surface area (Å²) in [4.78, 5) is 52.9. The third kappa shape index (κ3) is 7.41. The highest BCUT2D eigenvalue weighted by atomic mass is 16.4. The molecule has 0 spiro atoms. The van der Waals surface area contributed by atoms with E-state index in [1.54, 1.807) is 4.90 Å². The van der Waals surface area contributed by atoms with E-state index in [-0.39, 0.29) is 30.7 Å². The number of carboxylic acid groups (broad SMARTS) is 1. The van der Waals surface area contributed by atoms with Crippen molar-refractivity contribution in [3.8, 4) is 0 Å². The minimum Gasteiger partial charge on any atom is -0.480 e. The van der Waals surface area contributed by atoms with Gasteiger partial charge in [-0.15, -0.1) is 0 Å². The fraction of sp³-hybridized carbons (Fsp3) is 0.448. The molecule has 4 unspecified atom stereocenters. The predicted octanol–water partition coefficient (Wildman–Crippen LogP) is 1.66. The number of carbonyl (C=O) groups excluding carboxylic acids is 3. The molecule has 3 amide bonds. The maximum atomic E-state index is 13.4. The van der Waals surface area contributed by atoms with E-state index in [1.165, 1.54) is 0 Å². The smallest absolute Gasteiger partial charge is 0.326 e. The second kappa shape index (κ2) is 13.2. The molecule has 4 rings (SSSR count). The van der Waals surface area contributed by atoms with Crippen molar-refractivity contribution < 1.29 is 24.3 Å². The number of amides is 3. The Labute approximate surface area is 223 Å². The van der Waals surface area contributed by atoms with Crippen molar-refractivity contribution in [3.63, 3.8) is 0 Å². The third-order valence-corrected chi connectivity index (χ3v) is 7.22. The minimum atomic E-state index is -1.12. The minimum absolute atomic E-state index is 0.0392. The zero-order valence-corrected chi connectivity index (χ0v) is 21.5. The molecule has 2 aliphatic heterocycles. The third-order valence-electron chi connectivity index (χ3n) is 7.22. The first-order valence-corrected chi connectivity index (χ1v) is 13.3. The van der Waals surface area contributed by atoms with Crippen molar-refractivity contribution in [2.75, 3.05) is 13.1 Å². The highest BCUT2D eigenvalue weighted by Gasteiger charge is 2.38. The predicted molar refractivity (Wildman–Crippen MR) is 142 cm³/mol. The second-order valence-corrected chi connectivity index (χ2v) is 10.1. The summed E-state index contributed by atoms with van der Waals surface area (Å²) in [5.74, 6) is -1.89. The van der Waals surface area contributed by atoms with Gasteiger partial charge in [0.25, 0.3) is 0 Å². The molecule has 4 N–H and O–H groups in total. The number of carbonyl (C=O) groups is 4. The van der Waals surface area contributed by atoms with Crippen LogP contribution in [0.5, 0.6) is 0 Å². The molecule has 0 saturated carbocycles. The summed E-state index contributed by atoms with van der Waals surface area (Å²) >= 11 is 0. The number of nitrogens with one attached hydrogen (secondary N) is 3. The number of hydrogen-bond donors (Lipinski definition) is 4. The molecule has 9 heteroatoms. The van der Waals surface area contributed by atoms with Crippen LogP contribution < -0.4 is 16.0 Å². The van der Waals surface area contributed by atoms with Gasteiger partial charge in [-0.05, 0) is 49.8 Å². The lowest BCUT2D eigenvalue weighted by Crippen LogP contribution is -2.53. The van der Waals surface area contributed by atoms with E-state index in [0.717, 1.165) is 36.9 Å².